The summed E-state index contributed by atoms with van der Waals surface area (Å²) in [4.78, 5) is 19.4. The van der Waals surface area contributed by atoms with Gasteiger partial charge >= 0.3 is 0 Å². The molecule has 4 aromatic heterocycles. The lowest BCUT2D eigenvalue weighted by atomic mass is 10.1. The molecule has 7 heteroatoms. The summed E-state index contributed by atoms with van der Waals surface area (Å²) in [5.41, 5.74) is 9.96. The normalized spacial score (nSPS) is 11.8. The number of hydrogen-bond acceptors (Lipinski definition) is 6. The van der Waals surface area contributed by atoms with Gasteiger partial charge in [-0.25, -0.2) is 19.9 Å². The molecule has 0 saturated heterocycles. The van der Waals surface area contributed by atoms with Crippen LogP contribution in [0.3, 0.4) is 0 Å². The predicted molar refractivity (Wildman–Crippen MR) is 211 cm³/mol. The lowest BCUT2D eigenvalue weighted by Crippen LogP contribution is -2.00. The summed E-state index contributed by atoms with van der Waals surface area (Å²) in [5.74, 6) is 2.32. The molecule has 0 unspecified atom stereocenters. The number of benzene rings is 7. The maximum absolute atomic E-state index is 6.39. The third kappa shape index (κ3) is 4.82. The van der Waals surface area contributed by atoms with Gasteiger partial charge in [-0.3, -0.25) is 0 Å². The number of rotatable bonds is 5. The highest BCUT2D eigenvalue weighted by atomic mass is 16.3. The zero-order chi connectivity index (χ0) is 34.9. The monoisotopic (exact) mass is 681 g/mol. The second-order valence-electron chi connectivity index (χ2n) is 13.1. The first-order valence-corrected chi connectivity index (χ1v) is 17.5. The van der Waals surface area contributed by atoms with Crippen LogP contribution in [0, 0.1) is 0 Å². The van der Waals surface area contributed by atoms with Gasteiger partial charge in [0.25, 0.3) is 0 Å². The minimum Gasteiger partial charge on any atom is -0.456 e. The summed E-state index contributed by atoms with van der Waals surface area (Å²) in [7, 11) is 0. The van der Waals surface area contributed by atoms with Crippen molar-refractivity contribution in [3.63, 3.8) is 0 Å². The van der Waals surface area contributed by atoms with E-state index >= 15 is 0 Å². The number of oxazole rings is 1. The Kier molecular flexibility index (Phi) is 6.42. The van der Waals surface area contributed by atoms with Gasteiger partial charge in [-0.2, -0.15) is 0 Å². The number of hydrogen-bond donors (Lipinski definition) is 0. The average molecular weight is 682 g/mol. The van der Waals surface area contributed by atoms with Crippen LogP contribution in [0.2, 0.25) is 0 Å². The molecule has 0 amide bonds. The third-order valence-electron chi connectivity index (χ3n) is 9.89. The van der Waals surface area contributed by atoms with E-state index in [1.165, 1.54) is 10.8 Å². The fourth-order valence-electron chi connectivity index (χ4n) is 7.34. The molecular weight excluding hydrogens is 655 g/mol. The summed E-state index contributed by atoms with van der Waals surface area (Å²) in [6.45, 7) is 0. The van der Waals surface area contributed by atoms with E-state index in [1.807, 2.05) is 91.0 Å². The smallest absolute Gasteiger partial charge is 0.227 e. The number of para-hydroxylation sites is 2. The van der Waals surface area contributed by atoms with Gasteiger partial charge < -0.3 is 13.4 Å². The molecule has 0 aliphatic carbocycles. The first-order chi connectivity index (χ1) is 26.2. The predicted octanol–water partition coefficient (Wildman–Crippen LogP) is 11.7. The zero-order valence-corrected chi connectivity index (χ0v) is 28.1. The standard InChI is InChI=1S/C46H27N5O2/c1-3-11-28(12-4-1)43-48-44(29-13-5-2-6-14-29)50-45(49-43)31-21-24-37-42(25-31)53-46(47-37)30-19-22-32(23-20-30)51-38-17-9-7-15-33(38)35-26-36-34-16-8-10-18-40(34)52-41(36)27-39(35)51/h1-27H. The Balaban J connectivity index is 0.979. The summed E-state index contributed by atoms with van der Waals surface area (Å²) in [6, 6.07) is 55.3. The van der Waals surface area contributed by atoms with E-state index in [-0.39, 0.29) is 0 Å². The number of furan rings is 1. The molecule has 0 aliphatic heterocycles. The van der Waals surface area contributed by atoms with E-state index in [0.29, 0.717) is 28.9 Å². The zero-order valence-electron chi connectivity index (χ0n) is 28.1. The van der Waals surface area contributed by atoms with Crippen molar-refractivity contribution in [1.82, 2.24) is 24.5 Å². The van der Waals surface area contributed by atoms with Crippen LogP contribution in [0.4, 0.5) is 0 Å². The van der Waals surface area contributed by atoms with Gasteiger partial charge in [-0.1, -0.05) is 97.1 Å². The topological polar surface area (TPSA) is 82.8 Å². The molecule has 0 atom stereocenters. The largest absolute Gasteiger partial charge is 0.456 e. The van der Waals surface area contributed by atoms with Crippen molar-refractivity contribution < 1.29 is 8.83 Å². The van der Waals surface area contributed by atoms with Gasteiger partial charge in [0.2, 0.25) is 5.89 Å². The van der Waals surface area contributed by atoms with Crippen LogP contribution >= 0.6 is 0 Å². The van der Waals surface area contributed by atoms with Crippen LogP contribution in [0.1, 0.15) is 0 Å². The first kappa shape index (κ1) is 29.4. The molecule has 11 rings (SSSR count). The van der Waals surface area contributed by atoms with Crippen molar-refractivity contribution in [3.8, 4) is 51.3 Å². The van der Waals surface area contributed by atoms with Crippen LogP contribution in [0.5, 0.6) is 0 Å². The molecular formula is C46H27N5O2. The van der Waals surface area contributed by atoms with Crippen molar-refractivity contribution in [2.24, 2.45) is 0 Å². The Morgan fingerprint density at radius 2 is 0.981 bits per heavy atom. The highest BCUT2D eigenvalue weighted by molar-refractivity contribution is 6.17. The van der Waals surface area contributed by atoms with Gasteiger partial charge in [-0.05, 0) is 60.7 Å². The molecule has 0 fully saturated rings. The fraction of sp³-hybridized carbons (Fsp3) is 0. The molecule has 0 radical (unpaired) electrons. The minimum absolute atomic E-state index is 0.542. The summed E-state index contributed by atoms with van der Waals surface area (Å²) in [5, 5.41) is 4.62. The van der Waals surface area contributed by atoms with Gasteiger partial charge in [0.1, 0.15) is 16.7 Å². The van der Waals surface area contributed by atoms with Crippen molar-refractivity contribution in [3.05, 3.63) is 164 Å². The number of aromatic nitrogens is 5. The van der Waals surface area contributed by atoms with Crippen LogP contribution in [0.15, 0.2) is 173 Å². The maximum Gasteiger partial charge on any atom is 0.227 e. The molecule has 0 N–H and O–H groups in total. The van der Waals surface area contributed by atoms with E-state index in [1.54, 1.807) is 0 Å². The lowest BCUT2D eigenvalue weighted by Gasteiger charge is -2.08. The Hall–Kier alpha value is -7.38. The summed E-state index contributed by atoms with van der Waals surface area (Å²) >= 11 is 0. The maximum atomic E-state index is 6.39. The quantitative estimate of drug-likeness (QED) is 0.180. The lowest BCUT2D eigenvalue weighted by molar-refractivity contribution is 0.620. The van der Waals surface area contributed by atoms with E-state index in [9.17, 15) is 0 Å². The SMILES string of the molecule is c1ccc(-c2nc(-c3ccccc3)nc(-c3ccc4nc(-c5ccc(-n6c7ccccc7c7cc8c(cc76)oc6ccccc68)cc5)oc4c3)n2)cc1. The van der Waals surface area contributed by atoms with Crippen molar-refractivity contribution in [2.75, 3.05) is 0 Å². The van der Waals surface area contributed by atoms with E-state index in [0.717, 1.165) is 66.4 Å². The van der Waals surface area contributed by atoms with Gasteiger partial charge in [0.15, 0.2) is 23.1 Å². The minimum atomic E-state index is 0.542. The van der Waals surface area contributed by atoms with E-state index < -0.39 is 0 Å². The molecule has 0 bridgehead atoms. The van der Waals surface area contributed by atoms with Crippen molar-refractivity contribution in [1.29, 1.82) is 0 Å². The molecule has 7 aromatic carbocycles. The van der Waals surface area contributed by atoms with Gasteiger partial charge in [0, 0.05) is 55.6 Å². The van der Waals surface area contributed by atoms with Crippen LogP contribution in [-0.4, -0.2) is 24.5 Å². The Bertz CT molecular complexity index is 3100. The number of nitrogens with zero attached hydrogens (tertiary/aromatic N) is 5. The Morgan fingerprint density at radius 3 is 1.72 bits per heavy atom. The average Bonchev–Trinajstić information content (AvgIpc) is 3.92. The number of fused-ring (bicyclic) bond motifs is 7. The second kappa shape index (κ2) is 11.6. The molecule has 0 spiro atoms. The molecule has 4 heterocycles. The molecule has 53 heavy (non-hydrogen) atoms. The van der Waals surface area contributed by atoms with E-state index in [4.69, 9.17) is 28.8 Å². The molecule has 248 valence electrons. The molecule has 11 aromatic rings. The van der Waals surface area contributed by atoms with E-state index in [2.05, 4.69) is 77.4 Å². The Labute approximate surface area is 302 Å². The van der Waals surface area contributed by atoms with Crippen LogP contribution in [-0.2, 0) is 0 Å². The summed E-state index contributed by atoms with van der Waals surface area (Å²) < 4.78 is 15.0. The second-order valence-corrected chi connectivity index (χ2v) is 13.1. The molecule has 7 nitrogen and oxygen atoms in total. The fourth-order valence-corrected chi connectivity index (χ4v) is 7.34. The Morgan fingerprint density at radius 1 is 0.358 bits per heavy atom. The van der Waals surface area contributed by atoms with Crippen molar-refractivity contribution >= 4 is 54.8 Å². The summed E-state index contributed by atoms with van der Waals surface area (Å²) in [6.07, 6.45) is 0. The molecule has 0 aliphatic rings. The highest BCUT2D eigenvalue weighted by Gasteiger charge is 2.18. The van der Waals surface area contributed by atoms with Gasteiger partial charge in [0.05, 0.1) is 11.0 Å². The van der Waals surface area contributed by atoms with Gasteiger partial charge in [-0.15, -0.1) is 0 Å². The molecule has 0 saturated carbocycles. The van der Waals surface area contributed by atoms with Crippen LogP contribution in [0.25, 0.3) is 106 Å². The van der Waals surface area contributed by atoms with Crippen LogP contribution < -0.4 is 0 Å². The highest BCUT2D eigenvalue weighted by Crippen LogP contribution is 2.39. The third-order valence-corrected chi connectivity index (χ3v) is 9.89. The van der Waals surface area contributed by atoms with Crippen molar-refractivity contribution in [2.45, 2.75) is 0 Å². The first-order valence-electron chi connectivity index (χ1n) is 17.5.